The van der Waals surface area contributed by atoms with Crippen LogP contribution in [0.1, 0.15) is 10.4 Å². The highest BCUT2D eigenvalue weighted by Gasteiger charge is 2.24. The molecular formula is C15H17N3O3. The molecule has 3 rings (SSSR count). The number of fused-ring (bicyclic) bond motifs is 1. The molecule has 110 valence electrons. The number of hydrogen-bond donors (Lipinski definition) is 0. The number of aromatic nitrogens is 2. The topological polar surface area (TPSA) is 56.6 Å². The third kappa shape index (κ3) is 2.84. The molecule has 0 spiro atoms. The van der Waals surface area contributed by atoms with E-state index in [4.69, 9.17) is 9.47 Å². The largest absolute Gasteiger partial charge is 0.486 e. The zero-order valence-corrected chi connectivity index (χ0v) is 12.0. The molecule has 0 saturated carbocycles. The molecule has 0 radical (unpaired) electrons. The van der Waals surface area contributed by atoms with Gasteiger partial charge in [0.25, 0.3) is 5.91 Å². The molecule has 1 aliphatic heterocycles. The summed E-state index contributed by atoms with van der Waals surface area (Å²) in [7, 11) is 3.53. The minimum Gasteiger partial charge on any atom is -0.486 e. The fraction of sp³-hybridized carbons (Fsp3) is 0.333. The van der Waals surface area contributed by atoms with Crippen molar-refractivity contribution in [2.45, 2.75) is 6.10 Å². The van der Waals surface area contributed by atoms with E-state index < -0.39 is 0 Å². The molecule has 1 amide bonds. The first-order valence-electron chi connectivity index (χ1n) is 6.76. The van der Waals surface area contributed by atoms with Gasteiger partial charge in [-0.3, -0.25) is 9.48 Å². The summed E-state index contributed by atoms with van der Waals surface area (Å²) in [6.07, 6.45) is 3.09. The molecular weight excluding hydrogens is 270 g/mol. The van der Waals surface area contributed by atoms with Gasteiger partial charge >= 0.3 is 0 Å². The van der Waals surface area contributed by atoms with Crippen LogP contribution in [-0.2, 0) is 7.05 Å². The lowest BCUT2D eigenvalue weighted by atomic mass is 10.2. The Morgan fingerprint density at radius 1 is 1.43 bits per heavy atom. The monoisotopic (exact) mass is 287 g/mol. The molecule has 6 heteroatoms. The van der Waals surface area contributed by atoms with Crippen molar-refractivity contribution in [2.24, 2.45) is 7.05 Å². The van der Waals surface area contributed by atoms with Crippen LogP contribution in [0.5, 0.6) is 11.5 Å². The number of carbonyl (C=O) groups is 1. The second kappa shape index (κ2) is 5.47. The average Bonchev–Trinajstić information content (AvgIpc) is 2.93. The highest BCUT2D eigenvalue weighted by molar-refractivity contribution is 5.93. The fourth-order valence-corrected chi connectivity index (χ4v) is 2.29. The maximum Gasteiger partial charge on any atom is 0.256 e. The first kappa shape index (κ1) is 13.5. The summed E-state index contributed by atoms with van der Waals surface area (Å²) in [5, 5.41) is 4.01. The number of carbonyl (C=O) groups excluding carboxylic acids is 1. The number of likely N-dealkylation sites (N-methyl/N-ethyl adjacent to an activating group) is 1. The molecule has 1 aromatic carbocycles. The maximum atomic E-state index is 12.3. The van der Waals surface area contributed by atoms with Crippen molar-refractivity contribution in [1.29, 1.82) is 0 Å². The summed E-state index contributed by atoms with van der Waals surface area (Å²) < 4.78 is 13.1. The van der Waals surface area contributed by atoms with Crippen molar-refractivity contribution >= 4 is 5.91 Å². The van der Waals surface area contributed by atoms with Crippen molar-refractivity contribution in [3.8, 4) is 11.5 Å². The lowest BCUT2D eigenvalue weighted by Gasteiger charge is -2.29. The molecule has 1 unspecified atom stereocenters. The number of rotatable bonds is 3. The van der Waals surface area contributed by atoms with Crippen molar-refractivity contribution in [2.75, 3.05) is 20.2 Å². The summed E-state index contributed by atoms with van der Waals surface area (Å²) in [4.78, 5) is 13.9. The number of hydrogen-bond acceptors (Lipinski definition) is 4. The van der Waals surface area contributed by atoms with Crippen molar-refractivity contribution in [3.05, 3.63) is 42.2 Å². The minimum atomic E-state index is -0.175. The molecule has 0 bridgehead atoms. The lowest BCUT2D eigenvalue weighted by molar-refractivity contribution is 0.0521. The summed E-state index contributed by atoms with van der Waals surface area (Å²) >= 11 is 0. The number of benzene rings is 1. The Labute approximate surface area is 122 Å². The van der Waals surface area contributed by atoms with E-state index in [9.17, 15) is 4.79 Å². The van der Waals surface area contributed by atoms with Gasteiger partial charge in [0.05, 0.1) is 18.3 Å². The van der Waals surface area contributed by atoms with Gasteiger partial charge in [-0.05, 0) is 12.1 Å². The van der Waals surface area contributed by atoms with Gasteiger partial charge in [0, 0.05) is 20.3 Å². The van der Waals surface area contributed by atoms with E-state index in [1.807, 2.05) is 24.3 Å². The van der Waals surface area contributed by atoms with E-state index in [-0.39, 0.29) is 12.0 Å². The zero-order chi connectivity index (χ0) is 14.8. The zero-order valence-electron chi connectivity index (χ0n) is 12.0. The predicted molar refractivity (Wildman–Crippen MR) is 76.5 cm³/mol. The van der Waals surface area contributed by atoms with E-state index >= 15 is 0 Å². The summed E-state index contributed by atoms with van der Waals surface area (Å²) in [5.41, 5.74) is 0.567. The Morgan fingerprint density at radius 2 is 2.19 bits per heavy atom. The van der Waals surface area contributed by atoms with Gasteiger partial charge in [0.15, 0.2) is 17.6 Å². The molecule has 1 atom stereocenters. The number of aryl methyl sites for hydroxylation is 1. The number of nitrogens with zero attached hydrogens (tertiary/aromatic N) is 3. The van der Waals surface area contributed by atoms with Crippen LogP contribution in [0, 0.1) is 0 Å². The Kier molecular flexibility index (Phi) is 3.51. The SMILES string of the molecule is CN(CC1COc2ccccc2O1)C(=O)c1cnn(C)c1. The molecule has 1 aliphatic rings. The van der Waals surface area contributed by atoms with Crippen LogP contribution in [0.15, 0.2) is 36.7 Å². The number of amides is 1. The first-order chi connectivity index (χ1) is 10.1. The molecule has 6 nitrogen and oxygen atoms in total. The van der Waals surface area contributed by atoms with Gasteiger partial charge in [-0.2, -0.15) is 5.10 Å². The summed E-state index contributed by atoms with van der Waals surface area (Å²) in [6.45, 7) is 0.893. The van der Waals surface area contributed by atoms with Gasteiger partial charge < -0.3 is 14.4 Å². The van der Waals surface area contributed by atoms with Gasteiger partial charge in [-0.25, -0.2) is 0 Å². The standard InChI is InChI=1S/C15H17N3O3/c1-17(15(19)11-7-16-18(2)8-11)9-12-10-20-13-5-3-4-6-14(13)21-12/h3-8,12H,9-10H2,1-2H3. The molecule has 0 saturated heterocycles. The van der Waals surface area contributed by atoms with E-state index in [0.717, 1.165) is 11.5 Å². The van der Waals surface area contributed by atoms with Crippen LogP contribution in [0.25, 0.3) is 0 Å². The fourth-order valence-electron chi connectivity index (χ4n) is 2.29. The molecule has 2 aromatic rings. The van der Waals surface area contributed by atoms with Gasteiger partial charge in [0.2, 0.25) is 0 Å². The lowest BCUT2D eigenvalue weighted by Crippen LogP contribution is -2.41. The van der Waals surface area contributed by atoms with Crippen LogP contribution in [0.2, 0.25) is 0 Å². The van der Waals surface area contributed by atoms with Crippen molar-refractivity contribution < 1.29 is 14.3 Å². The second-order valence-corrected chi connectivity index (χ2v) is 5.09. The Hall–Kier alpha value is -2.50. The van der Waals surface area contributed by atoms with E-state index in [1.165, 1.54) is 0 Å². The number of ether oxygens (including phenoxy) is 2. The minimum absolute atomic E-state index is 0.0782. The summed E-state index contributed by atoms with van der Waals surface area (Å²) in [6, 6.07) is 7.54. The molecule has 21 heavy (non-hydrogen) atoms. The maximum absolute atomic E-state index is 12.3. The van der Waals surface area contributed by atoms with Crippen LogP contribution >= 0.6 is 0 Å². The normalized spacial score (nSPS) is 16.6. The van der Waals surface area contributed by atoms with Crippen LogP contribution < -0.4 is 9.47 Å². The number of para-hydroxylation sites is 2. The third-order valence-electron chi connectivity index (χ3n) is 3.34. The Bertz CT molecular complexity index is 653. The highest BCUT2D eigenvalue weighted by Crippen LogP contribution is 2.30. The Balaban J connectivity index is 1.63. The third-order valence-corrected chi connectivity index (χ3v) is 3.34. The van der Waals surface area contributed by atoms with Crippen molar-refractivity contribution in [3.63, 3.8) is 0 Å². The highest BCUT2D eigenvalue weighted by atomic mass is 16.6. The van der Waals surface area contributed by atoms with Crippen LogP contribution in [0.3, 0.4) is 0 Å². The Morgan fingerprint density at radius 3 is 2.90 bits per heavy atom. The van der Waals surface area contributed by atoms with Crippen molar-refractivity contribution in [1.82, 2.24) is 14.7 Å². The second-order valence-electron chi connectivity index (χ2n) is 5.09. The molecule has 0 N–H and O–H groups in total. The molecule has 0 fully saturated rings. The van der Waals surface area contributed by atoms with Crippen LogP contribution in [0.4, 0.5) is 0 Å². The summed E-state index contributed by atoms with van der Waals surface area (Å²) in [5.74, 6) is 1.39. The van der Waals surface area contributed by atoms with E-state index in [0.29, 0.717) is 18.7 Å². The average molecular weight is 287 g/mol. The molecule has 1 aromatic heterocycles. The van der Waals surface area contributed by atoms with Gasteiger partial charge in [0.1, 0.15) is 6.61 Å². The van der Waals surface area contributed by atoms with E-state index in [1.54, 1.807) is 36.1 Å². The van der Waals surface area contributed by atoms with E-state index in [2.05, 4.69) is 5.10 Å². The smallest absolute Gasteiger partial charge is 0.256 e. The quantitative estimate of drug-likeness (QED) is 0.854. The van der Waals surface area contributed by atoms with Crippen LogP contribution in [-0.4, -0.2) is 46.9 Å². The predicted octanol–water partition coefficient (Wildman–Crippen LogP) is 1.33. The van der Waals surface area contributed by atoms with Gasteiger partial charge in [-0.1, -0.05) is 12.1 Å². The first-order valence-corrected chi connectivity index (χ1v) is 6.76. The van der Waals surface area contributed by atoms with Gasteiger partial charge in [-0.15, -0.1) is 0 Å². The molecule has 2 heterocycles. The molecule has 0 aliphatic carbocycles.